The normalized spacial score (nSPS) is 10.6. The van der Waals surface area contributed by atoms with Crippen LogP contribution >= 0.6 is 0 Å². The topological polar surface area (TPSA) is 201 Å². The van der Waals surface area contributed by atoms with E-state index in [0.717, 1.165) is 6.92 Å². The average molecular weight is 343 g/mol. The maximum atomic E-state index is 10.1. The third kappa shape index (κ3) is 16.0. The molecule has 21 heavy (non-hydrogen) atoms. The van der Waals surface area contributed by atoms with Crippen LogP contribution < -0.4 is 20.4 Å². The maximum absolute atomic E-state index is 10.1. The summed E-state index contributed by atoms with van der Waals surface area (Å²) >= 11 is 0. The van der Waals surface area contributed by atoms with Crippen molar-refractivity contribution in [3.8, 4) is 0 Å². The van der Waals surface area contributed by atoms with E-state index < -0.39 is 48.4 Å². The molecule has 0 aliphatic heterocycles. The van der Waals surface area contributed by atoms with Gasteiger partial charge in [-0.05, 0) is 6.92 Å². The summed E-state index contributed by atoms with van der Waals surface area (Å²) in [6.07, 6.45) is -4.06. The summed E-state index contributed by atoms with van der Waals surface area (Å²) in [5.74, 6) is -7.42. The number of carbonyl (C=O) groups excluding carboxylic acids is 4. The van der Waals surface area contributed by atoms with Crippen LogP contribution in [0.25, 0.3) is 0 Å². The number of carbonyl (C=O) groups is 4. The van der Waals surface area contributed by atoms with Crippen molar-refractivity contribution >= 4 is 84.7 Å². The number of rotatable bonds is 6. The Hall–Kier alpha value is -0.174. The largest absolute Gasteiger partial charge is 2.00 e. The molecule has 0 aromatic rings. The molecule has 0 aliphatic carbocycles. The molecule has 0 aliphatic rings. The van der Waals surface area contributed by atoms with Crippen molar-refractivity contribution in [3.05, 3.63) is 0 Å². The van der Waals surface area contributed by atoms with Gasteiger partial charge in [-0.15, -0.1) is 0 Å². The molecule has 0 aromatic heterocycles. The molecule has 12 heteroatoms. The molecular weight excluding hydrogens is 332 g/mol. The molecule has 0 rings (SSSR count). The van der Waals surface area contributed by atoms with Gasteiger partial charge >= 0.3 is 60.8 Å². The molecule has 1 atom stereocenters. The van der Waals surface area contributed by atoms with Gasteiger partial charge in [-0.1, -0.05) is 0 Å². The van der Waals surface area contributed by atoms with Crippen molar-refractivity contribution in [2.75, 3.05) is 0 Å². The van der Waals surface area contributed by atoms with E-state index in [9.17, 15) is 39.6 Å². The number of carboxylic acids is 4. The average Bonchev–Trinajstić information content (AvgIpc) is 2.14. The Morgan fingerprint density at radius 2 is 1.24 bits per heavy atom. The first-order valence-corrected chi connectivity index (χ1v) is 4.65. The molecular formula is C9H10CaMgO10. The second kappa shape index (κ2) is 13.5. The molecule has 0 saturated carbocycles. The van der Waals surface area contributed by atoms with Gasteiger partial charge < -0.3 is 49.8 Å². The monoisotopic (exact) mass is 342 g/mol. The molecule has 2 N–H and O–H groups in total. The predicted octanol–water partition coefficient (Wildman–Crippen LogP) is -7.90. The molecule has 110 valence electrons. The first-order chi connectivity index (χ1) is 8.42. The van der Waals surface area contributed by atoms with Crippen molar-refractivity contribution < 1.29 is 49.8 Å². The van der Waals surface area contributed by atoms with E-state index >= 15 is 0 Å². The van der Waals surface area contributed by atoms with Crippen LogP contribution in [0.1, 0.15) is 19.8 Å². The van der Waals surface area contributed by atoms with Crippen LogP contribution in [-0.4, -0.2) is 107 Å². The summed E-state index contributed by atoms with van der Waals surface area (Å²) in [5, 5.41) is 56.2. The van der Waals surface area contributed by atoms with Crippen molar-refractivity contribution in [2.24, 2.45) is 0 Å². The van der Waals surface area contributed by atoms with Gasteiger partial charge in [-0.3, -0.25) is 0 Å². The third-order valence-electron chi connectivity index (χ3n) is 1.59. The quantitative estimate of drug-likeness (QED) is 0.436. The Bertz CT molecular complexity index is 354. The Labute approximate surface area is 164 Å². The number of carboxylic acid groups (broad SMARTS) is 4. The van der Waals surface area contributed by atoms with Crippen LogP contribution in [0.2, 0.25) is 0 Å². The third-order valence-corrected chi connectivity index (χ3v) is 1.59. The van der Waals surface area contributed by atoms with Gasteiger partial charge in [-0.25, -0.2) is 0 Å². The van der Waals surface area contributed by atoms with E-state index in [-0.39, 0.29) is 60.8 Å². The first kappa shape index (κ1) is 28.9. The van der Waals surface area contributed by atoms with Gasteiger partial charge in [-0.2, -0.15) is 0 Å². The van der Waals surface area contributed by atoms with Gasteiger partial charge in [0.2, 0.25) is 0 Å². The van der Waals surface area contributed by atoms with E-state index in [4.69, 9.17) is 10.2 Å². The maximum Gasteiger partial charge on any atom is 2.00 e. The zero-order valence-electron chi connectivity index (χ0n) is 11.1. The van der Waals surface area contributed by atoms with Gasteiger partial charge in [0, 0.05) is 24.8 Å². The molecule has 0 aromatic carbocycles. The van der Waals surface area contributed by atoms with Gasteiger partial charge in [0.15, 0.2) is 0 Å². The van der Waals surface area contributed by atoms with Crippen LogP contribution in [0.5, 0.6) is 0 Å². The van der Waals surface area contributed by atoms with Crippen LogP contribution in [0, 0.1) is 0 Å². The zero-order chi connectivity index (χ0) is 15.8. The molecule has 0 fully saturated rings. The molecule has 0 spiro atoms. The number of aliphatic hydroxyl groups is 2. The second-order valence-corrected chi connectivity index (χ2v) is 3.41. The van der Waals surface area contributed by atoms with Crippen LogP contribution in [0.3, 0.4) is 0 Å². The van der Waals surface area contributed by atoms with Gasteiger partial charge in [0.25, 0.3) is 0 Å². The van der Waals surface area contributed by atoms with E-state index in [2.05, 4.69) is 0 Å². The van der Waals surface area contributed by atoms with E-state index in [1.807, 2.05) is 0 Å². The van der Waals surface area contributed by atoms with E-state index in [1.165, 1.54) is 0 Å². The minimum atomic E-state index is -2.97. The van der Waals surface area contributed by atoms with Crippen molar-refractivity contribution in [3.63, 3.8) is 0 Å². The molecule has 0 amide bonds. The van der Waals surface area contributed by atoms with E-state index in [1.54, 1.807) is 0 Å². The Morgan fingerprint density at radius 3 is 1.33 bits per heavy atom. The van der Waals surface area contributed by atoms with Crippen molar-refractivity contribution in [1.29, 1.82) is 0 Å². The molecule has 0 saturated heterocycles. The smallest absolute Gasteiger partial charge is 0.550 e. The standard InChI is InChI=1S/C6H8O7.C3H6O3.Ca.Mg/c7-3(8)1-6(13,5(11)12)2-4(9)10;1-2(4)3(5)6;;/h13H,1-2H2,(H,7,8)(H,9,10)(H,11,12);2,4H,1H3,(H,5,6);;/q;;2*+2/p-4. The SMILES string of the molecule is CC(O)C(=O)[O-].O=C([O-])CC(O)(CC(=O)[O-])C(=O)[O-].[Ca+2].[Mg+2]. The van der Waals surface area contributed by atoms with Crippen LogP contribution in [0.15, 0.2) is 0 Å². The minimum absolute atomic E-state index is 0. The molecule has 0 bridgehead atoms. The summed E-state index contributed by atoms with van der Waals surface area (Å²) in [6, 6.07) is 0. The minimum Gasteiger partial charge on any atom is -0.550 e. The fraction of sp³-hybridized carbons (Fsp3) is 0.556. The number of hydrogen-bond acceptors (Lipinski definition) is 10. The predicted molar refractivity (Wildman–Crippen MR) is 57.4 cm³/mol. The summed E-state index contributed by atoms with van der Waals surface area (Å²) in [7, 11) is 0. The van der Waals surface area contributed by atoms with Crippen molar-refractivity contribution in [2.45, 2.75) is 31.5 Å². The van der Waals surface area contributed by atoms with Crippen LogP contribution in [0.4, 0.5) is 0 Å². The summed E-state index contributed by atoms with van der Waals surface area (Å²) in [5.41, 5.74) is -2.97. The van der Waals surface area contributed by atoms with Gasteiger partial charge in [0.05, 0.1) is 18.0 Å². The molecule has 10 nitrogen and oxygen atoms in total. The summed E-state index contributed by atoms with van der Waals surface area (Å²) in [4.78, 5) is 39.3. The van der Waals surface area contributed by atoms with Crippen molar-refractivity contribution in [1.82, 2.24) is 0 Å². The number of hydrogen-bond donors (Lipinski definition) is 2. The fourth-order valence-corrected chi connectivity index (χ4v) is 0.684. The second-order valence-electron chi connectivity index (χ2n) is 3.41. The fourth-order valence-electron chi connectivity index (χ4n) is 0.684. The zero-order valence-corrected chi connectivity index (χ0v) is 14.7. The Morgan fingerprint density at radius 1 is 1.00 bits per heavy atom. The number of aliphatic carboxylic acids is 4. The first-order valence-electron chi connectivity index (χ1n) is 4.65. The summed E-state index contributed by atoms with van der Waals surface area (Å²) in [6.45, 7) is 1.13. The molecule has 0 radical (unpaired) electrons. The number of aliphatic hydroxyl groups excluding tert-OH is 1. The van der Waals surface area contributed by atoms with Crippen LogP contribution in [-0.2, 0) is 19.2 Å². The Kier molecular flexibility index (Phi) is 18.6. The van der Waals surface area contributed by atoms with E-state index in [0.29, 0.717) is 0 Å². The van der Waals surface area contributed by atoms with Gasteiger partial charge in [0.1, 0.15) is 5.60 Å². The summed E-state index contributed by atoms with van der Waals surface area (Å²) < 4.78 is 0. The molecule has 0 heterocycles. The molecule has 1 unspecified atom stereocenters. The Balaban J connectivity index is -0.000000156.